The summed E-state index contributed by atoms with van der Waals surface area (Å²) in [7, 11) is -2.55. The van der Waals surface area contributed by atoms with E-state index in [1.807, 2.05) is 42.0 Å². The summed E-state index contributed by atoms with van der Waals surface area (Å²) >= 11 is 0. The molecule has 0 aliphatic rings. The van der Waals surface area contributed by atoms with Crippen molar-refractivity contribution in [2.45, 2.75) is 18.4 Å². The van der Waals surface area contributed by atoms with Crippen molar-refractivity contribution in [2.75, 3.05) is 7.11 Å². The highest BCUT2D eigenvalue weighted by atomic mass is 32.2. The molecule has 0 amide bonds. The molecular weight excluding hydrogens is 366 g/mol. The van der Waals surface area contributed by atoms with Gasteiger partial charge in [-0.1, -0.05) is 24.3 Å². The van der Waals surface area contributed by atoms with Crippen LogP contribution < -0.4 is 4.72 Å². The molecule has 1 heterocycles. The Morgan fingerprint density at radius 3 is 2.67 bits per heavy atom. The van der Waals surface area contributed by atoms with Gasteiger partial charge in [0.05, 0.1) is 23.3 Å². The number of methoxy groups -OCH3 is 1. The number of imidazole rings is 1. The summed E-state index contributed by atoms with van der Waals surface area (Å²) in [5, 5.41) is 0. The van der Waals surface area contributed by atoms with Crippen LogP contribution >= 0.6 is 0 Å². The number of esters is 1. The summed E-state index contributed by atoms with van der Waals surface area (Å²) in [6.07, 6.45) is 3.51. The molecule has 0 spiro atoms. The number of ether oxygens (including phenoxy) is 1. The Labute approximate surface area is 157 Å². The van der Waals surface area contributed by atoms with Crippen LogP contribution in [0.2, 0.25) is 0 Å². The number of nitrogens with one attached hydrogen (secondary N) is 1. The fraction of sp³-hybridized carbons (Fsp3) is 0.158. The quantitative estimate of drug-likeness (QED) is 0.658. The molecule has 1 aromatic heterocycles. The number of aryl methyl sites for hydroxylation is 1. The molecule has 0 aliphatic carbocycles. The molecule has 0 bridgehead atoms. The van der Waals surface area contributed by atoms with Crippen molar-refractivity contribution < 1.29 is 17.9 Å². The van der Waals surface area contributed by atoms with Crippen molar-refractivity contribution in [3.8, 4) is 5.69 Å². The van der Waals surface area contributed by atoms with Crippen LogP contribution in [0.4, 0.5) is 0 Å². The van der Waals surface area contributed by atoms with Gasteiger partial charge in [-0.2, -0.15) is 0 Å². The second kappa shape index (κ2) is 7.73. The van der Waals surface area contributed by atoms with Gasteiger partial charge < -0.3 is 9.30 Å². The molecule has 2 aromatic carbocycles. The smallest absolute Gasteiger partial charge is 0.337 e. The van der Waals surface area contributed by atoms with Gasteiger partial charge in [-0.05, 0) is 36.8 Å². The minimum Gasteiger partial charge on any atom is -0.465 e. The maximum absolute atomic E-state index is 12.7. The second-order valence-electron chi connectivity index (χ2n) is 5.82. The topological polar surface area (TPSA) is 90.3 Å². The van der Waals surface area contributed by atoms with Gasteiger partial charge in [0.2, 0.25) is 10.0 Å². The fourth-order valence-corrected chi connectivity index (χ4v) is 3.74. The molecule has 0 saturated carbocycles. The van der Waals surface area contributed by atoms with E-state index >= 15 is 0 Å². The first-order valence-electron chi connectivity index (χ1n) is 8.18. The van der Waals surface area contributed by atoms with Crippen molar-refractivity contribution in [2.24, 2.45) is 0 Å². The molecule has 7 nitrogen and oxygen atoms in total. The number of hydrogen-bond acceptors (Lipinski definition) is 5. The summed E-state index contributed by atoms with van der Waals surface area (Å²) in [6, 6.07) is 13.2. The number of carbonyl (C=O) groups is 1. The van der Waals surface area contributed by atoms with Crippen LogP contribution in [0, 0.1) is 6.92 Å². The SMILES string of the molecule is COC(=O)c1cccc(S(=O)(=O)NCc2ccccc2-n2ccnc2C)c1. The summed E-state index contributed by atoms with van der Waals surface area (Å²) in [5.74, 6) is 0.212. The van der Waals surface area contributed by atoms with E-state index in [0.717, 1.165) is 17.1 Å². The van der Waals surface area contributed by atoms with Crippen molar-refractivity contribution in [3.63, 3.8) is 0 Å². The number of hydrogen-bond donors (Lipinski definition) is 1. The zero-order chi connectivity index (χ0) is 19.4. The molecule has 8 heteroatoms. The van der Waals surface area contributed by atoms with Crippen molar-refractivity contribution >= 4 is 16.0 Å². The molecule has 0 saturated heterocycles. The molecule has 0 unspecified atom stereocenters. The molecule has 1 N–H and O–H groups in total. The normalized spacial score (nSPS) is 11.3. The first-order chi connectivity index (χ1) is 12.9. The van der Waals surface area contributed by atoms with Gasteiger partial charge in [0.1, 0.15) is 5.82 Å². The Balaban J connectivity index is 1.85. The summed E-state index contributed by atoms with van der Waals surface area (Å²) < 4.78 is 34.4. The molecule has 0 aliphatic heterocycles. The number of benzene rings is 2. The van der Waals surface area contributed by atoms with Crippen LogP contribution in [0.15, 0.2) is 65.8 Å². The molecule has 0 radical (unpaired) electrons. The second-order valence-corrected chi connectivity index (χ2v) is 7.58. The van der Waals surface area contributed by atoms with Crippen LogP contribution in [0.25, 0.3) is 5.69 Å². The van der Waals surface area contributed by atoms with Gasteiger partial charge in [-0.3, -0.25) is 0 Å². The zero-order valence-corrected chi connectivity index (χ0v) is 15.7. The zero-order valence-electron chi connectivity index (χ0n) is 14.9. The van der Waals surface area contributed by atoms with Crippen molar-refractivity contribution in [1.29, 1.82) is 0 Å². The van der Waals surface area contributed by atoms with E-state index in [-0.39, 0.29) is 17.0 Å². The average Bonchev–Trinajstić information content (AvgIpc) is 3.12. The first-order valence-corrected chi connectivity index (χ1v) is 9.67. The van der Waals surface area contributed by atoms with E-state index in [4.69, 9.17) is 0 Å². The number of sulfonamides is 1. The van der Waals surface area contributed by atoms with E-state index in [2.05, 4.69) is 14.4 Å². The molecular formula is C19H19N3O4S. The number of rotatable bonds is 6. The van der Waals surface area contributed by atoms with Gasteiger partial charge in [0, 0.05) is 18.9 Å². The molecule has 0 atom stereocenters. The highest BCUT2D eigenvalue weighted by molar-refractivity contribution is 7.89. The summed E-state index contributed by atoms with van der Waals surface area (Å²) in [6.45, 7) is 1.97. The predicted octanol–water partition coefficient (Wildman–Crippen LogP) is 2.45. The van der Waals surface area contributed by atoms with Gasteiger partial charge in [-0.25, -0.2) is 22.9 Å². The Bertz CT molecular complexity index is 1070. The van der Waals surface area contributed by atoms with Gasteiger partial charge in [0.25, 0.3) is 0 Å². The first kappa shape index (κ1) is 18.8. The van der Waals surface area contributed by atoms with E-state index in [0.29, 0.717) is 0 Å². The van der Waals surface area contributed by atoms with E-state index in [9.17, 15) is 13.2 Å². The van der Waals surface area contributed by atoms with Crippen LogP contribution in [0.5, 0.6) is 0 Å². The van der Waals surface area contributed by atoms with Gasteiger partial charge in [-0.15, -0.1) is 0 Å². The van der Waals surface area contributed by atoms with Crippen molar-refractivity contribution in [3.05, 3.63) is 77.9 Å². The Morgan fingerprint density at radius 2 is 1.96 bits per heavy atom. The predicted molar refractivity (Wildman–Crippen MR) is 100 cm³/mol. The van der Waals surface area contributed by atoms with Crippen LogP contribution in [0.1, 0.15) is 21.7 Å². The number of nitrogens with zero attached hydrogens (tertiary/aromatic N) is 2. The van der Waals surface area contributed by atoms with E-state index < -0.39 is 16.0 Å². The minimum absolute atomic E-state index is 0.00157. The lowest BCUT2D eigenvalue weighted by atomic mass is 10.2. The van der Waals surface area contributed by atoms with Crippen LogP contribution in [0.3, 0.4) is 0 Å². The van der Waals surface area contributed by atoms with Crippen LogP contribution in [-0.4, -0.2) is 31.0 Å². The molecule has 140 valence electrons. The maximum Gasteiger partial charge on any atom is 0.337 e. The Kier molecular flexibility index (Phi) is 5.38. The highest BCUT2D eigenvalue weighted by Gasteiger charge is 2.17. The standard InChI is InChI=1S/C19H19N3O4S/c1-14-20-10-11-22(14)18-9-4-3-6-16(18)13-21-27(24,25)17-8-5-7-15(12-17)19(23)26-2/h3-12,21H,13H2,1-2H3. The minimum atomic E-state index is -3.80. The maximum atomic E-state index is 12.7. The molecule has 3 aromatic rings. The lowest BCUT2D eigenvalue weighted by Gasteiger charge is -2.13. The third kappa shape index (κ3) is 4.07. The van der Waals surface area contributed by atoms with Gasteiger partial charge in [0.15, 0.2) is 0 Å². The third-order valence-corrected chi connectivity index (χ3v) is 5.49. The number of para-hydroxylation sites is 1. The monoisotopic (exact) mass is 385 g/mol. The lowest BCUT2D eigenvalue weighted by molar-refractivity contribution is 0.0600. The number of aromatic nitrogens is 2. The fourth-order valence-electron chi connectivity index (χ4n) is 2.69. The van der Waals surface area contributed by atoms with E-state index in [1.165, 1.54) is 31.4 Å². The Morgan fingerprint density at radius 1 is 1.19 bits per heavy atom. The highest BCUT2D eigenvalue weighted by Crippen LogP contribution is 2.18. The summed E-state index contributed by atoms with van der Waals surface area (Å²) in [4.78, 5) is 15.8. The molecule has 27 heavy (non-hydrogen) atoms. The molecule has 0 fully saturated rings. The summed E-state index contributed by atoms with van der Waals surface area (Å²) in [5.41, 5.74) is 1.82. The van der Waals surface area contributed by atoms with E-state index in [1.54, 1.807) is 6.20 Å². The molecule has 3 rings (SSSR count). The Hall–Kier alpha value is -2.97. The van der Waals surface area contributed by atoms with Crippen LogP contribution in [-0.2, 0) is 21.3 Å². The average molecular weight is 385 g/mol. The van der Waals surface area contributed by atoms with Gasteiger partial charge >= 0.3 is 5.97 Å². The largest absolute Gasteiger partial charge is 0.465 e. The number of carbonyl (C=O) groups excluding carboxylic acids is 1. The van der Waals surface area contributed by atoms with Crippen molar-refractivity contribution in [1.82, 2.24) is 14.3 Å². The lowest BCUT2D eigenvalue weighted by Crippen LogP contribution is -2.24. The third-order valence-electron chi connectivity index (χ3n) is 4.09.